The van der Waals surface area contributed by atoms with Crippen molar-refractivity contribution in [2.45, 2.75) is 37.9 Å². The Hall–Kier alpha value is -1.02. The van der Waals surface area contributed by atoms with Crippen molar-refractivity contribution in [1.82, 2.24) is 0 Å². The summed E-state index contributed by atoms with van der Waals surface area (Å²) >= 11 is 0. The van der Waals surface area contributed by atoms with E-state index in [0.29, 0.717) is 24.7 Å². The number of hydrogen-bond acceptors (Lipinski definition) is 4. The summed E-state index contributed by atoms with van der Waals surface area (Å²) in [5.74, 6) is 0.0957. The second-order valence-corrected chi connectivity index (χ2v) is 8.38. The van der Waals surface area contributed by atoms with Crippen molar-refractivity contribution in [3.63, 3.8) is 0 Å². The Balaban J connectivity index is 1.72. The van der Waals surface area contributed by atoms with E-state index in [4.69, 9.17) is 4.55 Å². The third-order valence-electron chi connectivity index (χ3n) is 5.22. The molecule has 5 nitrogen and oxygen atoms in total. The average Bonchev–Trinajstić information content (AvgIpc) is 2.56. The number of rotatable bonds is 4. The molecule has 0 heterocycles. The van der Waals surface area contributed by atoms with Crippen LogP contribution in [0.2, 0.25) is 0 Å². The summed E-state index contributed by atoms with van der Waals surface area (Å²) in [6.07, 6.45) is 5.10. The lowest BCUT2D eigenvalue weighted by Gasteiger charge is -2.46. The van der Waals surface area contributed by atoms with Gasteiger partial charge in [-0.05, 0) is 43.4 Å². The van der Waals surface area contributed by atoms with Crippen molar-refractivity contribution in [2.24, 2.45) is 23.2 Å². The van der Waals surface area contributed by atoms with Gasteiger partial charge < -0.3 is 4.74 Å². The molecule has 4 unspecified atom stereocenters. The number of ether oxygens (including phenoxy) is 1. The van der Waals surface area contributed by atoms with Gasteiger partial charge in [-0.2, -0.15) is 17.2 Å². The van der Waals surface area contributed by atoms with E-state index in [1.54, 1.807) is 0 Å². The lowest BCUT2D eigenvalue weighted by Crippen LogP contribution is -2.48. The summed E-state index contributed by atoms with van der Waals surface area (Å²) in [7, 11) is -5.58. The van der Waals surface area contributed by atoms with Crippen LogP contribution in [-0.4, -0.2) is 30.8 Å². The summed E-state index contributed by atoms with van der Waals surface area (Å²) in [5, 5.41) is -4.47. The van der Waals surface area contributed by atoms with Crippen molar-refractivity contribution < 1.29 is 31.3 Å². The first kappa shape index (κ1) is 15.9. The molecule has 8 heteroatoms. The molecule has 2 bridgehead atoms. The summed E-state index contributed by atoms with van der Waals surface area (Å²) in [5.41, 5.74) is 0.414. The summed E-state index contributed by atoms with van der Waals surface area (Å²) in [4.78, 5) is 12.3. The Morgan fingerprint density at radius 2 is 2.18 bits per heavy atom. The molecule has 0 aromatic heterocycles. The highest BCUT2D eigenvalue weighted by atomic mass is 32.2. The third kappa shape index (κ3) is 2.27. The van der Waals surface area contributed by atoms with E-state index in [-0.39, 0.29) is 5.92 Å². The molecular weight excluding hydrogens is 318 g/mol. The molecule has 124 valence electrons. The maximum absolute atomic E-state index is 13.2. The van der Waals surface area contributed by atoms with Gasteiger partial charge in [0, 0.05) is 0 Å². The van der Waals surface area contributed by atoms with Gasteiger partial charge in [-0.25, -0.2) is 0 Å². The molecule has 1 N–H and O–H groups in total. The van der Waals surface area contributed by atoms with Crippen molar-refractivity contribution in [1.29, 1.82) is 0 Å². The Bertz CT molecular complexity index is 642. The maximum Gasteiger partial charge on any atom is 0.402 e. The summed E-state index contributed by atoms with van der Waals surface area (Å²) in [6.45, 7) is 0.484. The topological polar surface area (TPSA) is 80.7 Å². The van der Waals surface area contributed by atoms with Crippen molar-refractivity contribution in [2.75, 3.05) is 6.61 Å². The van der Waals surface area contributed by atoms with E-state index in [9.17, 15) is 22.0 Å². The molecule has 3 rings (SSSR count). The second-order valence-electron chi connectivity index (χ2n) is 6.83. The van der Waals surface area contributed by atoms with Gasteiger partial charge in [0.2, 0.25) is 0 Å². The van der Waals surface area contributed by atoms with Crippen LogP contribution in [0, 0.1) is 23.2 Å². The smallest absolute Gasteiger partial charge is 0.402 e. The molecule has 0 aliphatic heterocycles. The van der Waals surface area contributed by atoms with Crippen LogP contribution in [0.3, 0.4) is 0 Å². The normalized spacial score (nSPS) is 37.1. The highest BCUT2D eigenvalue weighted by Crippen LogP contribution is 2.65. The molecule has 3 aliphatic carbocycles. The second kappa shape index (κ2) is 4.74. The van der Waals surface area contributed by atoms with Gasteiger partial charge >= 0.3 is 21.3 Å². The van der Waals surface area contributed by atoms with E-state index >= 15 is 0 Å². The predicted molar refractivity (Wildman–Crippen MR) is 72.6 cm³/mol. The van der Waals surface area contributed by atoms with Gasteiger partial charge in [-0.15, -0.1) is 0 Å². The molecule has 0 spiro atoms. The fraction of sp³-hybridized carbons (Fsp3) is 0.786. The standard InChI is InChI=1S/C14H18F2O5S/c1-8-2-9-4-11-10(3-8)6-13(11,5-9)12(17)21-7-14(15,16)22(18,19)20/h3,8-9,11H,2,4-7H2,1H3,(H,18,19,20). The molecule has 0 saturated heterocycles. The Kier molecular flexibility index (Phi) is 3.41. The van der Waals surface area contributed by atoms with Gasteiger partial charge in [-0.3, -0.25) is 9.35 Å². The lowest BCUT2D eigenvalue weighted by atomic mass is 9.58. The number of alkyl halides is 2. The van der Waals surface area contributed by atoms with E-state index in [2.05, 4.69) is 17.7 Å². The Labute approximate surface area is 127 Å². The number of esters is 1. The van der Waals surface area contributed by atoms with E-state index in [1.807, 2.05) is 0 Å². The minimum atomic E-state index is -5.58. The molecule has 2 fully saturated rings. The number of fused-ring (bicyclic) bond motifs is 1. The van der Waals surface area contributed by atoms with Crippen LogP contribution in [0.25, 0.3) is 0 Å². The van der Waals surface area contributed by atoms with E-state index < -0.39 is 33.4 Å². The molecule has 22 heavy (non-hydrogen) atoms. The minimum absolute atomic E-state index is 0.0364. The molecule has 0 radical (unpaired) electrons. The van der Waals surface area contributed by atoms with Crippen LogP contribution in [0.5, 0.6) is 0 Å². The first-order valence-corrected chi connectivity index (χ1v) is 8.72. The number of carbonyl (C=O) groups is 1. The molecule has 3 aliphatic rings. The van der Waals surface area contributed by atoms with E-state index in [0.717, 1.165) is 12.8 Å². The summed E-state index contributed by atoms with van der Waals surface area (Å²) < 4.78 is 60.5. The number of hydrogen-bond donors (Lipinski definition) is 1. The van der Waals surface area contributed by atoms with Gasteiger partial charge in [0.1, 0.15) is 0 Å². The number of allylic oxidation sites excluding steroid dienone is 2. The van der Waals surface area contributed by atoms with Gasteiger partial charge in [0.15, 0.2) is 6.61 Å². The zero-order valence-electron chi connectivity index (χ0n) is 12.1. The van der Waals surface area contributed by atoms with Gasteiger partial charge in [-0.1, -0.05) is 18.6 Å². The minimum Gasteiger partial charge on any atom is -0.457 e. The summed E-state index contributed by atoms with van der Waals surface area (Å²) in [6, 6.07) is 0. The van der Waals surface area contributed by atoms with Gasteiger partial charge in [0.05, 0.1) is 5.41 Å². The highest BCUT2D eigenvalue weighted by Gasteiger charge is 2.63. The fourth-order valence-corrected chi connectivity index (χ4v) is 4.54. The Morgan fingerprint density at radius 1 is 1.50 bits per heavy atom. The molecule has 4 atom stereocenters. The fourth-order valence-electron chi connectivity index (χ4n) is 4.34. The number of halogens is 2. The largest absolute Gasteiger partial charge is 0.457 e. The molecule has 2 saturated carbocycles. The van der Waals surface area contributed by atoms with Gasteiger partial charge in [0.25, 0.3) is 0 Å². The predicted octanol–water partition coefficient (Wildman–Crippen LogP) is 2.39. The first-order chi connectivity index (χ1) is 10.1. The Morgan fingerprint density at radius 3 is 2.82 bits per heavy atom. The van der Waals surface area contributed by atoms with Crippen LogP contribution in [0.1, 0.15) is 32.6 Å². The molecule has 0 aromatic rings. The zero-order chi connectivity index (χ0) is 16.3. The SMILES string of the molecule is CC1C=C2CC3(C(=O)OCC(F)(F)S(=O)(=O)O)CC(C1)CC23. The van der Waals surface area contributed by atoms with Crippen molar-refractivity contribution in [3.05, 3.63) is 11.6 Å². The maximum atomic E-state index is 13.2. The zero-order valence-corrected chi connectivity index (χ0v) is 12.9. The molecule has 0 amide bonds. The van der Waals surface area contributed by atoms with E-state index in [1.165, 1.54) is 5.57 Å². The van der Waals surface area contributed by atoms with Crippen molar-refractivity contribution >= 4 is 16.1 Å². The monoisotopic (exact) mass is 336 g/mol. The molecular formula is C14H18F2O5S. The van der Waals surface area contributed by atoms with Crippen LogP contribution < -0.4 is 0 Å². The number of carbonyl (C=O) groups excluding carboxylic acids is 1. The third-order valence-corrected chi connectivity index (χ3v) is 6.09. The first-order valence-electron chi connectivity index (χ1n) is 7.28. The average molecular weight is 336 g/mol. The lowest BCUT2D eigenvalue weighted by molar-refractivity contribution is -0.167. The van der Waals surface area contributed by atoms with Crippen LogP contribution in [0.4, 0.5) is 8.78 Å². The highest BCUT2D eigenvalue weighted by molar-refractivity contribution is 7.86. The van der Waals surface area contributed by atoms with Crippen LogP contribution >= 0.6 is 0 Å². The van der Waals surface area contributed by atoms with Crippen molar-refractivity contribution in [3.8, 4) is 0 Å². The van der Waals surface area contributed by atoms with Crippen LogP contribution in [0.15, 0.2) is 11.6 Å². The quantitative estimate of drug-likeness (QED) is 0.484. The van der Waals surface area contributed by atoms with Crippen LogP contribution in [-0.2, 0) is 19.6 Å². The molecule has 0 aromatic carbocycles.